The first-order valence-electron chi connectivity index (χ1n) is 6.32. The van der Waals surface area contributed by atoms with Crippen LogP contribution < -0.4 is 10.1 Å². The van der Waals surface area contributed by atoms with Crippen molar-refractivity contribution >= 4 is 17.9 Å². The van der Waals surface area contributed by atoms with Gasteiger partial charge in [0.2, 0.25) is 5.72 Å². The van der Waals surface area contributed by atoms with Gasteiger partial charge in [0, 0.05) is 12.5 Å². The summed E-state index contributed by atoms with van der Waals surface area (Å²) in [4.78, 5) is 34.4. The van der Waals surface area contributed by atoms with Crippen molar-refractivity contribution in [3.05, 3.63) is 29.8 Å². The number of carbonyl (C=O) groups is 3. The molecule has 1 aromatic carbocycles. The number of carbonyl (C=O) groups excluding carboxylic acids is 3. The fourth-order valence-corrected chi connectivity index (χ4v) is 2.72. The zero-order valence-electron chi connectivity index (χ0n) is 11.5. The van der Waals surface area contributed by atoms with E-state index >= 15 is 0 Å². The van der Waals surface area contributed by atoms with E-state index in [-0.39, 0.29) is 6.42 Å². The second kappa shape index (κ2) is 4.29. The highest BCUT2D eigenvalue weighted by molar-refractivity contribution is 5.96. The molecule has 3 rings (SSSR count). The molecule has 7 nitrogen and oxygen atoms in total. The molecule has 1 aromatic rings. The van der Waals surface area contributed by atoms with Gasteiger partial charge in [-0.3, -0.25) is 14.9 Å². The van der Waals surface area contributed by atoms with Gasteiger partial charge in [-0.2, -0.15) is 0 Å². The van der Waals surface area contributed by atoms with Crippen LogP contribution in [0, 0.1) is 0 Å². The first-order chi connectivity index (χ1) is 9.93. The molecule has 1 N–H and O–H groups in total. The number of esters is 3. The van der Waals surface area contributed by atoms with Crippen LogP contribution in [0.15, 0.2) is 24.3 Å². The van der Waals surface area contributed by atoms with Crippen molar-refractivity contribution < 1.29 is 28.6 Å². The molecule has 0 unspecified atom stereocenters. The van der Waals surface area contributed by atoms with Crippen molar-refractivity contribution in [1.82, 2.24) is 5.32 Å². The zero-order chi connectivity index (χ0) is 15.3. The lowest BCUT2D eigenvalue weighted by Gasteiger charge is -2.13. The van der Waals surface area contributed by atoms with Crippen molar-refractivity contribution in [1.29, 1.82) is 0 Å². The highest BCUT2D eigenvalue weighted by Crippen LogP contribution is 2.56. The monoisotopic (exact) mass is 291 g/mol. The van der Waals surface area contributed by atoms with Crippen LogP contribution in [-0.2, 0) is 29.6 Å². The largest absolute Gasteiger partial charge is 0.467 e. The molecule has 2 atom stereocenters. The lowest BCUT2D eigenvalue weighted by atomic mass is 9.95. The number of rotatable bonds is 3. The van der Waals surface area contributed by atoms with Crippen LogP contribution in [-0.4, -0.2) is 30.6 Å². The summed E-state index contributed by atoms with van der Waals surface area (Å²) in [6.45, 7) is 1.30. The maximum atomic E-state index is 11.9. The van der Waals surface area contributed by atoms with Gasteiger partial charge in [0.15, 0.2) is 5.54 Å². The number of ether oxygens (including phenoxy) is 3. The van der Waals surface area contributed by atoms with E-state index < -0.39 is 29.2 Å². The molecule has 0 aliphatic carbocycles. The van der Waals surface area contributed by atoms with E-state index in [1.807, 2.05) is 0 Å². The van der Waals surface area contributed by atoms with Crippen LogP contribution in [0.2, 0.25) is 0 Å². The summed E-state index contributed by atoms with van der Waals surface area (Å²) in [6, 6.07) is 6.41. The number of benzene rings is 1. The third-order valence-electron chi connectivity index (χ3n) is 3.66. The van der Waals surface area contributed by atoms with E-state index in [1.54, 1.807) is 24.3 Å². The summed E-state index contributed by atoms with van der Waals surface area (Å²) >= 11 is 0. The van der Waals surface area contributed by atoms with E-state index in [1.165, 1.54) is 14.0 Å². The molecule has 21 heavy (non-hydrogen) atoms. The summed E-state index contributed by atoms with van der Waals surface area (Å²) in [5.74, 6) is -1.07. The van der Waals surface area contributed by atoms with Crippen molar-refractivity contribution in [3.8, 4) is 5.75 Å². The highest BCUT2D eigenvalue weighted by Gasteiger charge is 2.81. The minimum Gasteiger partial charge on any atom is -0.467 e. The maximum absolute atomic E-state index is 11.9. The molecule has 0 amide bonds. The van der Waals surface area contributed by atoms with Gasteiger partial charge < -0.3 is 14.2 Å². The predicted molar refractivity (Wildman–Crippen MR) is 68.0 cm³/mol. The Hall–Kier alpha value is -2.41. The Morgan fingerprint density at radius 2 is 1.95 bits per heavy atom. The van der Waals surface area contributed by atoms with E-state index in [4.69, 9.17) is 14.2 Å². The van der Waals surface area contributed by atoms with Crippen molar-refractivity contribution in [3.63, 3.8) is 0 Å². The van der Waals surface area contributed by atoms with Gasteiger partial charge in [-0.1, -0.05) is 0 Å². The minimum absolute atomic E-state index is 0.0780. The second-order valence-electron chi connectivity index (χ2n) is 4.97. The first-order valence-corrected chi connectivity index (χ1v) is 6.32. The summed E-state index contributed by atoms with van der Waals surface area (Å²) in [6.07, 6.45) is -0.0780. The van der Waals surface area contributed by atoms with E-state index in [2.05, 4.69) is 5.32 Å². The fraction of sp³-hybridized carbons (Fsp3) is 0.357. The van der Waals surface area contributed by atoms with E-state index in [0.29, 0.717) is 11.3 Å². The summed E-state index contributed by atoms with van der Waals surface area (Å²) in [5.41, 5.74) is -1.76. The first kappa shape index (κ1) is 13.6. The molecule has 2 fully saturated rings. The van der Waals surface area contributed by atoms with E-state index in [9.17, 15) is 14.4 Å². The van der Waals surface area contributed by atoms with Gasteiger partial charge in [0.25, 0.3) is 0 Å². The smallest absolute Gasteiger partial charge is 0.332 e. The Kier molecular flexibility index (Phi) is 2.77. The Labute approximate surface area is 120 Å². The van der Waals surface area contributed by atoms with Crippen LogP contribution in [0.4, 0.5) is 0 Å². The van der Waals surface area contributed by atoms with Crippen LogP contribution in [0.1, 0.15) is 18.9 Å². The summed E-state index contributed by atoms with van der Waals surface area (Å²) < 4.78 is 15.0. The number of hydrogen-bond acceptors (Lipinski definition) is 7. The molecule has 0 spiro atoms. The zero-order valence-corrected chi connectivity index (χ0v) is 11.5. The lowest BCUT2D eigenvalue weighted by Crippen LogP contribution is -2.31. The number of hydrogen-bond donors (Lipinski definition) is 1. The number of fused-ring (bicyclic) bond motifs is 1. The molecule has 2 heterocycles. The minimum atomic E-state index is -1.19. The molecule has 2 aliphatic heterocycles. The summed E-state index contributed by atoms with van der Waals surface area (Å²) in [5, 5.41) is 2.93. The molecule has 2 aliphatic rings. The normalized spacial score (nSPS) is 29.3. The van der Waals surface area contributed by atoms with Gasteiger partial charge >= 0.3 is 17.9 Å². The Bertz CT molecular complexity index is 639. The molecule has 0 aromatic heterocycles. The molecule has 7 heteroatoms. The maximum Gasteiger partial charge on any atom is 0.332 e. The quantitative estimate of drug-likeness (QED) is 0.483. The highest BCUT2D eigenvalue weighted by atomic mass is 16.6. The van der Waals surface area contributed by atoms with Crippen LogP contribution >= 0.6 is 0 Å². The average Bonchev–Trinajstić information content (AvgIpc) is 2.97. The van der Waals surface area contributed by atoms with Gasteiger partial charge in [-0.25, -0.2) is 4.79 Å². The van der Waals surface area contributed by atoms with Gasteiger partial charge in [0.1, 0.15) is 5.75 Å². The lowest BCUT2D eigenvalue weighted by molar-refractivity contribution is -0.146. The van der Waals surface area contributed by atoms with Gasteiger partial charge in [-0.05, 0) is 24.3 Å². The Morgan fingerprint density at radius 1 is 1.29 bits per heavy atom. The molecule has 2 saturated heterocycles. The fourth-order valence-electron chi connectivity index (χ4n) is 2.72. The van der Waals surface area contributed by atoms with Crippen molar-refractivity contribution in [2.45, 2.75) is 24.6 Å². The number of nitrogens with one attached hydrogen (secondary N) is 1. The van der Waals surface area contributed by atoms with Crippen molar-refractivity contribution in [2.24, 2.45) is 0 Å². The van der Waals surface area contributed by atoms with Crippen molar-refractivity contribution in [2.75, 3.05) is 7.11 Å². The third kappa shape index (κ3) is 1.81. The third-order valence-corrected chi connectivity index (χ3v) is 3.66. The molecular weight excluding hydrogens is 278 g/mol. The molecule has 0 saturated carbocycles. The topological polar surface area (TPSA) is 101 Å². The Morgan fingerprint density at radius 3 is 2.52 bits per heavy atom. The van der Waals surface area contributed by atoms with Gasteiger partial charge in [-0.15, -0.1) is 0 Å². The Balaban J connectivity index is 1.91. The average molecular weight is 291 g/mol. The molecule has 110 valence electrons. The molecule has 0 radical (unpaired) electrons. The van der Waals surface area contributed by atoms with Crippen LogP contribution in [0.5, 0.6) is 5.75 Å². The van der Waals surface area contributed by atoms with Crippen LogP contribution in [0.3, 0.4) is 0 Å². The number of methoxy groups -OCH3 is 1. The van der Waals surface area contributed by atoms with Crippen LogP contribution in [0.25, 0.3) is 0 Å². The van der Waals surface area contributed by atoms with Gasteiger partial charge in [0.05, 0.1) is 13.5 Å². The van der Waals surface area contributed by atoms with E-state index in [0.717, 1.165) is 0 Å². The summed E-state index contributed by atoms with van der Waals surface area (Å²) in [7, 11) is 1.26. The second-order valence-corrected chi connectivity index (χ2v) is 4.97. The molecule has 0 bridgehead atoms. The SMILES string of the molecule is COC(=O)[C@@]12CC(=O)O[C@]1(c1ccc(OC(C)=O)cc1)N2. The molecular formula is C14H13NO6. The standard InChI is InChI=1S/C14H13NO6/c1-8(16)20-10-5-3-9(4-6-10)14-13(15-14,12(18)19-2)7-11(17)21-14/h3-6,15H,7H2,1-2H3/t13-,14-/m0/s1. The predicted octanol–water partition coefficient (Wildman–Crippen LogP) is 0.227.